The average molecular weight is 179 g/mol. The zero-order valence-electron chi connectivity index (χ0n) is 6.81. The van der Waals surface area contributed by atoms with E-state index < -0.39 is 11.6 Å². The second-order valence-corrected chi connectivity index (χ2v) is 2.94. The lowest BCUT2D eigenvalue weighted by Gasteiger charge is -2.20. The first-order valence-corrected chi connectivity index (χ1v) is 3.72. The first-order chi connectivity index (χ1) is 4.90. The van der Waals surface area contributed by atoms with Gasteiger partial charge in [0.2, 0.25) is 0 Å². The van der Waals surface area contributed by atoms with Crippen LogP contribution in [0.2, 0.25) is 0 Å². The van der Waals surface area contributed by atoms with Crippen LogP contribution < -0.4 is 0 Å². The van der Waals surface area contributed by atoms with E-state index >= 15 is 0 Å². The predicted molar refractivity (Wildman–Crippen MR) is 41.6 cm³/mol. The summed E-state index contributed by atoms with van der Waals surface area (Å²) in [6.45, 7) is 4.42. The first kappa shape index (κ1) is 10.4. The van der Waals surface area contributed by atoms with Crippen molar-refractivity contribution >= 4 is 23.4 Å². The molecule has 0 saturated carbocycles. The van der Waals surface area contributed by atoms with E-state index in [9.17, 15) is 9.59 Å². The van der Waals surface area contributed by atoms with Crippen molar-refractivity contribution in [2.45, 2.75) is 26.4 Å². The molecule has 0 heterocycles. The highest BCUT2D eigenvalue weighted by Crippen LogP contribution is 2.10. The summed E-state index contributed by atoms with van der Waals surface area (Å²) in [4.78, 5) is 21.4. The molecule has 0 atom stereocenters. The van der Waals surface area contributed by atoms with Gasteiger partial charge in [-0.05, 0) is 20.8 Å². The van der Waals surface area contributed by atoms with Crippen molar-refractivity contribution < 1.29 is 14.3 Å². The molecule has 0 N–H and O–H groups in total. The summed E-state index contributed by atoms with van der Waals surface area (Å²) in [5.41, 5.74) is -1.05. The highest BCUT2D eigenvalue weighted by Gasteiger charge is 2.27. The van der Waals surface area contributed by atoms with Gasteiger partial charge in [-0.25, -0.2) is 0 Å². The van der Waals surface area contributed by atoms with Gasteiger partial charge in [-0.15, -0.1) is 11.6 Å². The summed E-state index contributed by atoms with van der Waals surface area (Å²) in [5, 5.41) is 0. The molecule has 0 aromatic rings. The van der Waals surface area contributed by atoms with E-state index in [0.717, 1.165) is 0 Å². The Morgan fingerprint density at radius 2 is 1.91 bits per heavy atom. The predicted octanol–water partition coefficient (Wildman–Crippen LogP) is 1.14. The van der Waals surface area contributed by atoms with Gasteiger partial charge >= 0.3 is 5.97 Å². The van der Waals surface area contributed by atoms with Crippen molar-refractivity contribution in [3.05, 3.63) is 0 Å². The van der Waals surface area contributed by atoms with Gasteiger partial charge in [0.15, 0.2) is 11.4 Å². The Balaban J connectivity index is 4.12. The third-order valence-corrected chi connectivity index (χ3v) is 1.54. The lowest BCUT2D eigenvalue weighted by molar-refractivity contribution is -0.160. The van der Waals surface area contributed by atoms with E-state index in [0.29, 0.717) is 0 Å². The van der Waals surface area contributed by atoms with E-state index in [1.807, 2.05) is 0 Å². The SMILES string of the molecule is CC(=O)C(C)(C)OC(=O)CCl. The Bertz CT molecular complexity index is 175. The molecule has 0 aliphatic heterocycles. The van der Waals surface area contributed by atoms with E-state index in [-0.39, 0.29) is 11.7 Å². The number of esters is 1. The molecule has 0 aromatic carbocycles. The normalized spacial score (nSPS) is 10.9. The highest BCUT2D eigenvalue weighted by atomic mass is 35.5. The summed E-state index contributed by atoms with van der Waals surface area (Å²) in [5.74, 6) is -1.00. The molecular formula is C7H11ClO3. The fourth-order valence-electron chi connectivity index (χ4n) is 0.384. The number of carbonyl (C=O) groups is 2. The largest absolute Gasteiger partial charge is 0.451 e. The second kappa shape index (κ2) is 3.72. The highest BCUT2D eigenvalue weighted by molar-refractivity contribution is 6.26. The van der Waals surface area contributed by atoms with Gasteiger partial charge in [0, 0.05) is 0 Å². The van der Waals surface area contributed by atoms with Crippen molar-refractivity contribution in [3.63, 3.8) is 0 Å². The summed E-state index contributed by atoms with van der Waals surface area (Å²) in [6.07, 6.45) is 0. The van der Waals surface area contributed by atoms with Crippen LogP contribution in [0.25, 0.3) is 0 Å². The molecule has 0 aliphatic carbocycles. The summed E-state index contributed by atoms with van der Waals surface area (Å²) in [6, 6.07) is 0. The molecule has 0 rings (SSSR count). The lowest BCUT2D eigenvalue weighted by Crippen LogP contribution is -2.35. The minimum Gasteiger partial charge on any atom is -0.451 e. The fourth-order valence-corrected chi connectivity index (χ4v) is 0.438. The number of rotatable bonds is 3. The van der Waals surface area contributed by atoms with Crippen molar-refractivity contribution in [2.75, 3.05) is 5.88 Å². The molecule has 3 nitrogen and oxygen atoms in total. The number of ketones is 1. The van der Waals surface area contributed by atoms with Gasteiger partial charge in [0.25, 0.3) is 0 Å². The molecule has 0 unspecified atom stereocenters. The Morgan fingerprint density at radius 3 is 2.18 bits per heavy atom. The topological polar surface area (TPSA) is 43.4 Å². The number of Topliss-reactive ketones (excluding diaryl/α,β-unsaturated/α-hetero) is 1. The standard InChI is InChI=1S/C7H11ClO3/c1-5(9)7(2,3)11-6(10)4-8/h4H2,1-3H3. The van der Waals surface area contributed by atoms with Crippen molar-refractivity contribution in [1.29, 1.82) is 0 Å². The molecule has 11 heavy (non-hydrogen) atoms. The maximum atomic E-state index is 10.8. The van der Waals surface area contributed by atoms with Crippen LogP contribution in [0.1, 0.15) is 20.8 Å². The monoisotopic (exact) mass is 178 g/mol. The maximum absolute atomic E-state index is 10.8. The number of halogens is 1. The van der Waals surface area contributed by atoms with Gasteiger partial charge in [-0.2, -0.15) is 0 Å². The molecule has 0 aliphatic rings. The molecule has 0 aromatic heterocycles. The van der Waals surface area contributed by atoms with Gasteiger partial charge in [0.05, 0.1) is 0 Å². The van der Waals surface area contributed by atoms with Crippen LogP contribution in [0.15, 0.2) is 0 Å². The smallest absolute Gasteiger partial charge is 0.321 e. The van der Waals surface area contributed by atoms with Crippen LogP contribution >= 0.6 is 11.6 Å². The lowest BCUT2D eigenvalue weighted by atomic mass is 10.1. The van der Waals surface area contributed by atoms with Gasteiger partial charge < -0.3 is 4.74 Å². The van der Waals surface area contributed by atoms with Gasteiger partial charge in [-0.3, -0.25) is 9.59 Å². The number of alkyl halides is 1. The third kappa shape index (κ3) is 3.37. The number of carbonyl (C=O) groups excluding carboxylic acids is 2. The molecule has 0 spiro atoms. The fraction of sp³-hybridized carbons (Fsp3) is 0.714. The maximum Gasteiger partial charge on any atom is 0.321 e. The Labute approximate surface area is 70.7 Å². The third-order valence-electron chi connectivity index (χ3n) is 1.33. The van der Waals surface area contributed by atoms with Gasteiger partial charge in [-0.1, -0.05) is 0 Å². The van der Waals surface area contributed by atoms with Gasteiger partial charge in [0.1, 0.15) is 5.88 Å². The molecule has 0 bridgehead atoms. The number of ether oxygens (including phenoxy) is 1. The van der Waals surface area contributed by atoms with Crippen LogP contribution in [-0.4, -0.2) is 23.2 Å². The minimum absolute atomic E-state index is 0.198. The van der Waals surface area contributed by atoms with Crippen LogP contribution in [0.5, 0.6) is 0 Å². The average Bonchev–Trinajstić information content (AvgIpc) is 1.86. The molecular weight excluding hydrogens is 168 g/mol. The van der Waals surface area contributed by atoms with E-state index in [4.69, 9.17) is 16.3 Å². The first-order valence-electron chi connectivity index (χ1n) is 3.19. The molecule has 4 heteroatoms. The Hall–Kier alpha value is -0.570. The minimum atomic E-state index is -1.05. The van der Waals surface area contributed by atoms with Crippen LogP contribution in [0.4, 0.5) is 0 Å². The quantitative estimate of drug-likeness (QED) is 0.481. The van der Waals surface area contributed by atoms with E-state index in [1.165, 1.54) is 20.8 Å². The van der Waals surface area contributed by atoms with E-state index in [1.54, 1.807) is 0 Å². The summed E-state index contributed by atoms with van der Waals surface area (Å²) < 4.78 is 4.73. The van der Waals surface area contributed by atoms with Crippen molar-refractivity contribution in [2.24, 2.45) is 0 Å². The number of hydrogen-bond acceptors (Lipinski definition) is 3. The van der Waals surface area contributed by atoms with Crippen molar-refractivity contribution in [3.8, 4) is 0 Å². The van der Waals surface area contributed by atoms with Crippen LogP contribution in [0, 0.1) is 0 Å². The summed E-state index contributed by atoms with van der Waals surface area (Å²) in [7, 11) is 0. The van der Waals surface area contributed by atoms with Crippen LogP contribution in [0.3, 0.4) is 0 Å². The molecule has 0 amide bonds. The number of hydrogen-bond donors (Lipinski definition) is 0. The Morgan fingerprint density at radius 1 is 1.45 bits per heavy atom. The van der Waals surface area contributed by atoms with Crippen LogP contribution in [-0.2, 0) is 14.3 Å². The molecule has 0 radical (unpaired) electrons. The molecule has 64 valence electrons. The Kier molecular flexibility index (Phi) is 3.52. The van der Waals surface area contributed by atoms with Crippen molar-refractivity contribution in [1.82, 2.24) is 0 Å². The second-order valence-electron chi connectivity index (χ2n) is 2.67. The van der Waals surface area contributed by atoms with E-state index in [2.05, 4.69) is 0 Å². The molecule has 0 saturated heterocycles. The summed E-state index contributed by atoms with van der Waals surface area (Å²) >= 11 is 5.18. The zero-order valence-corrected chi connectivity index (χ0v) is 7.57. The zero-order chi connectivity index (χ0) is 9.07. The molecule has 0 fully saturated rings.